The van der Waals surface area contributed by atoms with Gasteiger partial charge < -0.3 is 20.2 Å². The molecule has 0 amide bonds. The minimum atomic E-state index is 0.0336. The molecule has 1 atom stereocenters. The summed E-state index contributed by atoms with van der Waals surface area (Å²) in [5, 5.41) is 3.35. The summed E-state index contributed by atoms with van der Waals surface area (Å²) < 4.78 is 11.2. The zero-order valence-electron chi connectivity index (χ0n) is 13.2. The molecular formula is C16H23N3O2. The van der Waals surface area contributed by atoms with Crippen molar-refractivity contribution in [2.24, 2.45) is 0 Å². The number of aryl methyl sites for hydroxylation is 2. The van der Waals surface area contributed by atoms with E-state index in [0.717, 1.165) is 22.9 Å². The maximum absolute atomic E-state index is 5.88. The summed E-state index contributed by atoms with van der Waals surface area (Å²) in [6.07, 6.45) is 0.0336. The fourth-order valence-electron chi connectivity index (χ4n) is 2.23. The first kappa shape index (κ1) is 15.2. The fourth-order valence-corrected chi connectivity index (χ4v) is 2.23. The van der Waals surface area contributed by atoms with Gasteiger partial charge in [-0.05, 0) is 52.8 Å². The van der Waals surface area contributed by atoms with Crippen LogP contribution in [0.1, 0.15) is 43.9 Å². The summed E-state index contributed by atoms with van der Waals surface area (Å²) in [4.78, 5) is 4.43. The van der Waals surface area contributed by atoms with Crippen molar-refractivity contribution in [2.75, 3.05) is 11.1 Å². The van der Waals surface area contributed by atoms with Gasteiger partial charge in [0, 0.05) is 5.56 Å². The van der Waals surface area contributed by atoms with Crippen LogP contribution in [0.2, 0.25) is 0 Å². The average molecular weight is 289 g/mol. The molecular weight excluding hydrogens is 266 g/mol. The highest BCUT2D eigenvalue weighted by Gasteiger charge is 2.14. The molecule has 0 radical (unpaired) electrons. The number of rotatable bonds is 5. The molecule has 2 aromatic rings. The summed E-state index contributed by atoms with van der Waals surface area (Å²) in [5.74, 6) is 3.01. The van der Waals surface area contributed by atoms with Crippen molar-refractivity contribution in [3.63, 3.8) is 0 Å². The zero-order valence-corrected chi connectivity index (χ0v) is 13.2. The molecule has 21 heavy (non-hydrogen) atoms. The average Bonchev–Trinajstić information content (AvgIpc) is 2.72. The summed E-state index contributed by atoms with van der Waals surface area (Å²) in [5.41, 5.74) is 7.54. The quantitative estimate of drug-likeness (QED) is 0.875. The molecule has 0 aromatic carbocycles. The van der Waals surface area contributed by atoms with E-state index in [1.165, 1.54) is 0 Å². The molecule has 0 aliphatic carbocycles. The van der Waals surface area contributed by atoms with Gasteiger partial charge >= 0.3 is 0 Å². The molecule has 0 saturated heterocycles. The van der Waals surface area contributed by atoms with E-state index in [2.05, 4.69) is 17.2 Å². The van der Waals surface area contributed by atoms with Crippen molar-refractivity contribution in [3.8, 4) is 5.88 Å². The van der Waals surface area contributed by atoms with Gasteiger partial charge in [-0.25, -0.2) is 0 Å². The Hall–Kier alpha value is -2.17. The molecule has 0 aliphatic heterocycles. The molecule has 2 heterocycles. The van der Waals surface area contributed by atoms with E-state index in [4.69, 9.17) is 14.9 Å². The Bertz CT molecular complexity index is 620. The van der Waals surface area contributed by atoms with E-state index in [1.54, 1.807) is 6.07 Å². The van der Waals surface area contributed by atoms with Gasteiger partial charge in [0.1, 0.15) is 17.3 Å². The smallest absolute Gasteiger partial charge is 0.239 e. The monoisotopic (exact) mass is 289 g/mol. The molecule has 2 rings (SSSR count). The Balaban J connectivity index is 2.17. The first-order valence-electron chi connectivity index (χ1n) is 7.13. The first-order chi connectivity index (χ1) is 9.86. The number of aromatic nitrogens is 1. The van der Waals surface area contributed by atoms with E-state index in [0.29, 0.717) is 11.6 Å². The number of anilines is 2. The van der Waals surface area contributed by atoms with E-state index < -0.39 is 0 Å². The number of nitrogens with one attached hydrogen (secondary N) is 1. The molecule has 0 spiro atoms. The highest BCUT2D eigenvalue weighted by Crippen LogP contribution is 2.27. The molecule has 114 valence electrons. The third kappa shape index (κ3) is 3.68. The van der Waals surface area contributed by atoms with Crippen molar-refractivity contribution < 1.29 is 9.15 Å². The van der Waals surface area contributed by atoms with E-state index in [-0.39, 0.29) is 12.1 Å². The van der Waals surface area contributed by atoms with Gasteiger partial charge in [0.2, 0.25) is 5.88 Å². The number of furan rings is 1. The molecule has 0 bridgehead atoms. The van der Waals surface area contributed by atoms with Crippen LogP contribution in [0.4, 0.5) is 11.5 Å². The second kappa shape index (κ2) is 6.08. The standard InChI is InChI=1S/C16H23N3O2/c1-9(2)20-16-14(17)6-7-15(19-16)18-11(4)13-8-10(3)21-12(13)5/h6-9,11H,17H2,1-5H3,(H,18,19). The van der Waals surface area contributed by atoms with Gasteiger partial charge in [-0.3, -0.25) is 0 Å². The van der Waals surface area contributed by atoms with Crippen LogP contribution in [-0.2, 0) is 0 Å². The molecule has 0 aliphatic rings. The lowest BCUT2D eigenvalue weighted by atomic mass is 10.1. The van der Waals surface area contributed by atoms with Gasteiger partial charge in [0.25, 0.3) is 0 Å². The van der Waals surface area contributed by atoms with Crippen molar-refractivity contribution in [2.45, 2.75) is 46.8 Å². The Labute approximate surface area is 125 Å². The van der Waals surface area contributed by atoms with Crippen molar-refractivity contribution >= 4 is 11.5 Å². The number of ether oxygens (including phenoxy) is 1. The maximum atomic E-state index is 5.88. The van der Waals surface area contributed by atoms with Crippen LogP contribution in [0.15, 0.2) is 22.6 Å². The minimum absolute atomic E-state index is 0.0336. The lowest BCUT2D eigenvalue weighted by Gasteiger charge is -2.16. The van der Waals surface area contributed by atoms with E-state index in [1.807, 2.05) is 39.8 Å². The number of hydrogen-bond donors (Lipinski definition) is 2. The third-order valence-corrected chi connectivity index (χ3v) is 3.15. The van der Waals surface area contributed by atoms with Crippen molar-refractivity contribution in [1.29, 1.82) is 0 Å². The summed E-state index contributed by atoms with van der Waals surface area (Å²) >= 11 is 0. The largest absolute Gasteiger partial charge is 0.473 e. The van der Waals surface area contributed by atoms with E-state index in [9.17, 15) is 0 Å². The van der Waals surface area contributed by atoms with E-state index >= 15 is 0 Å². The van der Waals surface area contributed by atoms with Gasteiger partial charge in [-0.15, -0.1) is 0 Å². The predicted molar refractivity (Wildman–Crippen MR) is 84.6 cm³/mol. The third-order valence-electron chi connectivity index (χ3n) is 3.15. The molecule has 0 fully saturated rings. The van der Waals surface area contributed by atoms with Crippen molar-refractivity contribution in [3.05, 3.63) is 35.3 Å². The highest BCUT2D eigenvalue weighted by atomic mass is 16.5. The molecule has 5 heteroatoms. The maximum Gasteiger partial charge on any atom is 0.239 e. The Morgan fingerprint density at radius 1 is 1.24 bits per heavy atom. The Kier molecular flexibility index (Phi) is 4.40. The van der Waals surface area contributed by atoms with Crippen LogP contribution in [-0.4, -0.2) is 11.1 Å². The number of nitrogens with two attached hydrogens (primary N) is 1. The number of pyridine rings is 1. The summed E-state index contributed by atoms with van der Waals surface area (Å²) in [6, 6.07) is 5.77. The first-order valence-corrected chi connectivity index (χ1v) is 7.13. The SMILES string of the molecule is Cc1cc(C(C)Nc2ccc(N)c(OC(C)C)n2)c(C)o1. The molecule has 3 N–H and O–H groups in total. The van der Waals surface area contributed by atoms with Crippen LogP contribution in [0.5, 0.6) is 5.88 Å². The highest BCUT2D eigenvalue weighted by molar-refractivity contribution is 5.54. The van der Waals surface area contributed by atoms with Gasteiger partial charge in [-0.1, -0.05) is 0 Å². The summed E-state index contributed by atoms with van der Waals surface area (Å²) in [6.45, 7) is 9.87. The molecule has 2 aromatic heterocycles. The van der Waals surface area contributed by atoms with Crippen molar-refractivity contribution in [1.82, 2.24) is 4.98 Å². The molecule has 0 saturated carbocycles. The topological polar surface area (TPSA) is 73.3 Å². The lowest BCUT2D eigenvalue weighted by Crippen LogP contribution is -2.12. The second-order valence-electron chi connectivity index (χ2n) is 5.49. The lowest BCUT2D eigenvalue weighted by molar-refractivity contribution is 0.234. The predicted octanol–water partition coefficient (Wildman–Crippen LogP) is 3.83. The van der Waals surface area contributed by atoms with Gasteiger partial charge in [0.05, 0.1) is 17.8 Å². The molecule has 5 nitrogen and oxygen atoms in total. The van der Waals surface area contributed by atoms with Crippen LogP contribution in [0, 0.1) is 13.8 Å². The van der Waals surface area contributed by atoms with Gasteiger partial charge in [-0.2, -0.15) is 4.98 Å². The van der Waals surface area contributed by atoms with Crippen LogP contribution in [0.3, 0.4) is 0 Å². The summed E-state index contributed by atoms with van der Waals surface area (Å²) in [7, 11) is 0. The Morgan fingerprint density at radius 2 is 1.95 bits per heavy atom. The van der Waals surface area contributed by atoms with Gasteiger partial charge in [0.15, 0.2) is 0 Å². The van der Waals surface area contributed by atoms with Crippen LogP contribution in [0.25, 0.3) is 0 Å². The Morgan fingerprint density at radius 3 is 2.52 bits per heavy atom. The second-order valence-corrected chi connectivity index (χ2v) is 5.49. The normalized spacial score (nSPS) is 12.5. The number of nitrogens with zero attached hydrogens (tertiary/aromatic N) is 1. The molecule has 1 unspecified atom stereocenters. The fraction of sp³-hybridized carbons (Fsp3) is 0.438. The minimum Gasteiger partial charge on any atom is -0.473 e. The zero-order chi connectivity index (χ0) is 15.6. The van der Waals surface area contributed by atoms with Crippen LogP contribution >= 0.6 is 0 Å². The number of nitrogen functional groups attached to an aromatic ring is 1. The number of hydrogen-bond acceptors (Lipinski definition) is 5. The van der Waals surface area contributed by atoms with Crippen LogP contribution < -0.4 is 15.8 Å².